The van der Waals surface area contributed by atoms with Gasteiger partial charge in [0.25, 0.3) is 5.91 Å². The summed E-state index contributed by atoms with van der Waals surface area (Å²) in [4.78, 5) is 16.8. The van der Waals surface area contributed by atoms with Crippen molar-refractivity contribution in [3.63, 3.8) is 0 Å². The first-order chi connectivity index (χ1) is 14.1. The molecule has 0 saturated carbocycles. The van der Waals surface area contributed by atoms with Gasteiger partial charge in [0.2, 0.25) is 0 Å². The third kappa shape index (κ3) is 4.35. The van der Waals surface area contributed by atoms with Crippen LogP contribution in [0, 0.1) is 11.6 Å². The van der Waals surface area contributed by atoms with Crippen LogP contribution in [0.4, 0.5) is 8.78 Å². The van der Waals surface area contributed by atoms with Gasteiger partial charge in [0.1, 0.15) is 11.6 Å². The van der Waals surface area contributed by atoms with Crippen molar-refractivity contribution in [1.29, 1.82) is 0 Å². The molecule has 0 aliphatic carbocycles. The average molecular weight is 392 g/mol. The van der Waals surface area contributed by atoms with E-state index in [4.69, 9.17) is 0 Å². The number of benzene rings is 3. The summed E-state index contributed by atoms with van der Waals surface area (Å²) in [5, 5.41) is 0. The maximum absolute atomic E-state index is 13.5. The van der Waals surface area contributed by atoms with Crippen LogP contribution < -0.4 is 0 Å². The van der Waals surface area contributed by atoms with Gasteiger partial charge in [-0.3, -0.25) is 9.69 Å². The van der Waals surface area contributed by atoms with E-state index in [-0.39, 0.29) is 17.8 Å². The highest BCUT2D eigenvalue weighted by Gasteiger charge is 2.28. The SMILES string of the molecule is O=C(c1cccc(F)c1)N1CCN(C(c2ccccc2)c2ccc(F)cc2)CC1. The fourth-order valence-corrected chi connectivity index (χ4v) is 3.88. The van der Waals surface area contributed by atoms with Gasteiger partial charge < -0.3 is 4.90 Å². The first-order valence-electron chi connectivity index (χ1n) is 9.71. The van der Waals surface area contributed by atoms with E-state index < -0.39 is 5.82 Å². The van der Waals surface area contributed by atoms with Crippen molar-refractivity contribution in [2.75, 3.05) is 26.2 Å². The van der Waals surface area contributed by atoms with Crippen molar-refractivity contribution < 1.29 is 13.6 Å². The minimum Gasteiger partial charge on any atom is -0.336 e. The first kappa shape index (κ1) is 19.3. The van der Waals surface area contributed by atoms with Crippen LogP contribution in [-0.4, -0.2) is 41.9 Å². The van der Waals surface area contributed by atoms with Gasteiger partial charge in [-0.1, -0.05) is 48.5 Å². The number of amides is 1. The van der Waals surface area contributed by atoms with Crippen LogP contribution in [0.25, 0.3) is 0 Å². The lowest BCUT2D eigenvalue weighted by Gasteiger charge is -2.39. The molecule has 29 heavy (non-hydrogen) atoms. The van der Waals surface area contributed by atoms with Crippen molar-refractivity contribution in [2.24, 2.45) is 0 Å². The topological polar surface area (TPSA) is 23.6 Å². The Balaban J connectivity index is 1.52. The Morgan fingerprint density at radius 3 is 2.03 bits per heavy atom. The third-order valence-electron chi connectivity index (χ3n) is 5.34. The fraction of sp³-hybridized carbons (Fsp3) is 0.208. The Kier molecular flexibility index (Phi) is 5.67. The van der Waals surface area contributed by atoms with E-state index in [9.17, 15) is 13.6 Å². The van der Waals surface area contributed by atoms with Crippen LogP contribution in [0.15, 0.2) is 78.9 Å². The largest absolute Gasteiger partial charge is 0.336 e. The second-order valence-corrected chi connectivity index (χ2v) is 7.20. The molecule has 0 bridgehead atoms. The summed E-state index contributed by atoms with van der Waals surface area (Å²) in [6.45, 7) is 2.47. The second kappa shape index (κ2) is 8.53. The van der Waals surface area contributed by atoms with Crippen LogP contribution >= 0.6 is 0 Å². The van der Waals surface area contributed by atoms with Crippen LogP contribution in [0.5, 0.6) is 0 Å². The Bertz CT molecular complexity index is 968. The van der Waals surface area contributed by atoms with Crippen LogP contribution in [0.3, 0.4) is 0 Å². The zero-order chi connectivity index (χ0) is 20.2. The van der Waals surface area contributed by atoms with Gasteiger partial charge in [0.15, 0.2) is 0 Å². The summed E-state index contributed by atoms with van der Waals surface area (Å²) in [6, 6.07) is 22.5. The number of hydrogen-bond donors (Lipinski definition) is 0. The Morgan fingerprint density at radius 2 is 1.38 bits per heavy atom. The van der Waals surface area contributed by atoms with Gasteiger partial charge >= 0.3 is 0 Å². The highest BCUT2D eigenvalue weighted by Crippen LogP contribution is 2.30. The zero-order valence-electron chi connectivity index (χ0n) is 16.0. The van der Waals surface area contributed by atoms with Gasteiger partial charge in [-0.05, 0) is 41.5 Å². The molecular formula is C24H22F2N2O. The van der Waals surface area contributed by atoms with E-state index >= 15 is 0 Å². The number of carbonyl (C=O) groups is 1. The quantitative estimate of drug-likeness (QED) is 0.652. The van der Waals surface area contributed by atoms with Crippen molar-refractivity contribution >= 4 is 5.91 Å². The van der Waals surface area contributed by atoms with Gasteiger partial charge in [0, 0.05) is 31.7 Å². The third-order valence-corrected chi connectivity index (χ3v) is 5.34. The second-order valence-electron chi connectivity index (χ2n) is 7.20. The monoisotopic (exact) mass is 392 g/mol. The van der Waals surface area contributed by atoms with E-state index in [1.807, 2.05) is 30.3 Å². The molecule has 5 heteroatoms. The minimum absolute atomic E-state index is 0.0109. The molecule has 0 radical (unpaired) electrons. The zero-order valence-corrected chi connectivity index (χ0v) is 16.0. The molecule has 1 heterocycles. The number of rotatable bonds is 4. The summed E-state index contributed by atoms with van der Waals surface area (Å²) in [7, 11) is 0. The molecule has 1 saturated heterocycles. The maximum atomic E-state index is 13.5. The predicted molar refractivity (Wildman–Crippen MR) is 109 cm³/mol. The van der Waals surface area contributed by atoms with E-state index in [1.54, 1.807) is 17.0 Å². The lowest BCUT2D eigenvalue weighted by atomic mass is 9.96. The maximum Gasteiger partial charge on any atom is 0.254 e. The molecule has 3 aromatic rings. The molecule has 1 unspecified atom stereocenters. The molecule has 0 spiro atoms. The van der Waals surface area contributed by atoms with Crippen molar-refractivity contribution in [2.45, 2.75) is 6.04 Å². The van der Waals surface area contributed by atoms with Gasteiger partial charge in [-0.2, -0.15) is 0 Å². The van der Waals surface area contributed by atoms with Crippen LogP contribution in [0.2, 0.25) is 0 Å². The molecule has 1 fully saturated rings. The van der Waals surface area contributed by atoms with Crippen molar-refractivity contribution in [3.05, 3.63) is 107 Å². The molecule has 4 rings (SSSR count). The normalized spacial score (nSPS) is 15.9. The summed E-state index contributed by atoms with van der Waals surface area (Å²) < 4.78 is 26.9. The number of piperazine rings is 1. The fourth-order valence-electron chi connectivity index (χ4n) is 3.88. The summed E-state index contributed by atoms with van der Waals surface area (Å²) in [5.74, 6) is -0.816. The Labute approximate surface area is 169 Å². The molecule has 1 aliphatic heterocycles. The number of carbonyl (C=O) groups excluding carboxylic acids is 1. The van der Waals surface area contributed by atoms with Gasteiger partial charge in [-0.25, -0.2) is 8.78 Å². The van der Waals surface area contributed by atoms with Gasteiger partial charge in [0.05, 0.1) is 6.04 Å². The molecule has 0 aromatic heterocycles. The lowest BCUT2D eigenvalue weighted by molar-refractivity contribution is 0.0597. The molecule has 3 nitrogen and oxygen atoms in total. The molecular weight excluding hydrogens is 370 g/mol. The molecule has 1 amide bonds. The molecule has 1 aliphatic rings. The Morgan fingerprint density at radius 1 is 0.724 bits per heavy atom. The smallest absolute Gasteiger partial charge is 0.254 e. The predicted octanol–water partition coefficient (Wildman–Crippen LogP) is 4.51. The molecule has 148 valence electrons. The van der Waals surface area contributed by atoms with E-state index in [0.29, 0.717) is 31.7 Å². The number of hydrogen-bond acceptors (Lipinski definition) is 2. The number of halogens is 2. The lowest BCUT2D eigenvalue weighted by Crippen LogP contribution is -2.49. The average Bonchev–Trinajstić information content (AvgIpc) is 2.76. The standard InChI is InChI=1S/C24H22F2N2O/c25-21-11-9-19(10-12-21)23(18-5-2-1-3-6-18)27-13-15-28(16-14-27)24(29)20-7-4-8-22(26)17-20/h1-12,17,23H,13-16H2. The molecule has 3 aromatic carbocycles. The first-order valence-corrected chi connectivity index (χ1v) is 9.71. The molecule has 1 atom stereocenters. The van der Waals surface area contributed by atoms with Crippen LogP contribution in [-0.2, 0) is 0 Å². The van der Waals surface area contributed by atoms with E-state index in [0.717, 1.165) is 11.1 Å². The van der Waals surface area contributed by atoms with Crippen molar-refractivity contribution in [3.8, 4) is 0 Å². The van der Waals surface area contributed by atoms with E-state index in [1.165, 1.54) is 24.3 Å². The Hall–Kier alpha value is -3.05. The molecule has 0 N–H and O–H groups in total. The summed E-state index contributed by atoms with van der Waals surface area (Å²) >= 11 is 0. The summed E-state index contributed by atoms with van der Waals surface area (Å²) in [5.41, 5.74) is 2.52. The number of nitrogens with zero attached hydrogens (tertiary/aromatic N) is 2. The van der Waals surface area contributed by atoms with Gasteiger partial charge in [-0.15, -0.1) is 0 Å². The minimum atomic E-state index is -0.407. The van der Waals surface area contributed by atoms with Crippen LogP contribution in [0.1, 0.15) is 27.5 Å². The highest BCUT2D eigenvalue weighted by atomic mass is 19.1. The van der Waals surface area contributed by atoms with E-state index in [2.05, 4.69) is 17.0 Å². The summed E-state index contributed by atoms with van der Waals surface area (Å²) in [6.07, 6.45) is 0. The van der Waals surface area contributed by atoms with Crippen molar-refractivity contribution in [1.82, 2.24) is 9.80 Å². The highest BCUT2D eigenvalue weighted by molar-refractivity contribution is 5.94.